The molecule has 0 aliphatic carbocycles. The Morgan fingerprint density at radius 3 is 2.84 bits per heavy atom. The molecule has 0 saturated heterocycles. The Bertz CT molecular complexity index is 827. The van der Waals surface area contributed by atoms with Gasteiger partial charge in [0.2, 0.25) is 5.91 Å². The molecule has 0 bridgehead atoms. The molecule has 0 radical (unpaired) electrons. The molecule has 3 rings (SSSR count). The first-order valence-electron chi connectivity index (χ1n) is 7.26. The van der Waals surface area contributed by atoms with Crippen molar-refractivity contribution in [3.05, 3.63) is 63.4 Å². The molecule has 1 amide bonds. The monoisotopic (exact) mass is 372 g/mol. The van der Waals surface area contributed by atoms with E-state index in [-0.39, 0.29) is 24.5 Å². The van der Waals surface area contributed by atoms with Crippen molar-refractivity contribution in [2.24, 2.45) is 0 Å². The van der Waals surface area contributed by atoms with E-state index in [0.29, 0.717) is 10.3 Å². The summed E-state index contributed by atoms with van der Waals surface area (Å²) in [5.41, 5.74) is -0.400. The maximum absolute atomic E-state index is 12.9. The van der Waals surface area contributed by atoms with E-state index in [1.54, 1.807) is 6.07 Å². The number of amides is 1. The van der Waals surface area contributed by atoms with Gasteiger partial charge >= 0.3 is 12.1 Å². The number of rotatable bonds is 3. The van der Waals surface area contributed by atoms with Gasteiger partial charge in [-0.25, -0.2) is 0 Å². The van der Waals surface area contributed by atoms with Crippen LogP contribution in [-0.2, 0) is 17.4 Å². The number of halogens is 4. The number of fused-ring (bicyclic) bond motifs is 1. The lowest BCUT2D eigenvalue weighted by molar-refractivity contribution is -0.611. The summed E-state index contributed by atoms with van der Waals surface area (Å²) < 4.78 is 44.4. The van der Waals surface area contributed by atoms with E-state index in [1.165, 1.54) is 24.4 Å². The Morgan fingerprint density at radius 2 is 2.12 bits per heavy atom. The van der Waals surface area contributed by atoms with E-state index in [4.69, 9.17) is 16.3 Å². The molecule has 5 nitrogen and oxygen atoms in total. The van der Waals surface area contributed by atoms with Crippen molar-refractivity contribution in [1.29, 1.82) is 0 Å². The predicted molar refractivity (Wildman–Crippen MR) is 81.9 cm³/mol. The van der Waals surface area contributed by atoms with Crippen molar-refractivity contribution in [3.8, 4) is 5.88 Å². The number of pyridine rings is 1. The van der Waals surface area contributed by atoms with E-state index in [9.17, 15) is 23.2 Å². The molecule has 132 valence electrons. The first-order valence-corrected chi connectivity index (χ1v) is 7.64. The number of carbonyl (C=O) groups excluding carboxylic acids is 1. The van der Waals surface area contributed by atoms with Crippen LogP contribution >= 0.6 is 11.6 Å². The number of ether oxygens (including phenoxy) is 1. The molecule has 2 aromatic rings. The summed E-state index contributed by atoms with van der Waals surface area (Å²) in [5.74, 6) is -0.422. The highest BCUT2D eigenvalue weighted by Gasteiger charge is 2.35. The number of aromatic nitrogens is 1. The third kappa shape index (κ3) is 3.48. The van der Waals surface area contributed by atoms with E-state index >= 15 is 0 Å². The molecule has 0 fully saturated rings. The number of nitrogens with zero attached hydrogens (tertiary/aromatic N) is 1. The van der Waals surface area contributed by atoms with Crippen LogP contribution in [0.4, 0.5) is 13.2 Å². The van der Waals surface area contributed by atoms with Gasteiger partial charge in [0.1, 0.15) is 6.61 Å². The van der Waals surface area contributed by atoms with Crippen LogP contribution in [0.3, 0.4) is 0 Å². The third-order valence-electron chi connectivity index (χ3n) is 3.78. The van der Waals surface area contributed by atoms with Gasteiger partial charge in [0.25, 0.3) is 0 Å². The predicted octanol–water partition coefficient (Wildman–Crippen LogP) is 2.78. The average molecular weight is 373 g/mol. The minimum atomic E-state index is -4.59. The lowest BCUT2D eigenvalue weighted by Crippen LogP contribution is -2.31. The molecule has 1 aliphatic rings. The molecule has 1 atom stereocenters. The highest BCUT2D eigenvalue weighted by atomic mass is 35.5. The molecule has 1 aromatic carbocycles. The van der Waals surface area contributed by atoms with Crippen molar-refractivity contribution in [3.63, 3.8) is 0 Å². The van der Waals surface area contributed by atoms with Gasteiger partial charge in [-0.2, -0.15) is 13.2 Å². The number of benzene rings is 1. The van der Waals surface area contributed by atoms with E-state index in [1.807, 2.05) is 0 Å². The van der Waals surface area contributed by atoms with E-state index < -0.39 is 28.7 Å². The smallest absolute Gasteiger partial charge is 0.417 e. The van der Waals surface area contributed by atoms with Crippen molar-refractivity contribution in [1.82, 2.24) is 5.32 Å². The molecule has 0 spiro atoms. The summed E-state index contributed by atoms with van der Waals surface area (Å²) in [6.07, 6.45) is -3.65. The summed E-state index contributed by atoms with van der Waals surface area (Å²) in [4.78, 5) is 12.2. The highest BCUT2D eigenvalue weighted by molar-refractivity contribution is 6.32. The number of nitrogens with one attached hydrogen (secondary N) is 1. The van der Waals surface area contributed by atoms with Crippen LogP contribution < -0.4 is 14.8 Å². The Morgan fingerprint density at radius 1 is 1.36 bits per heavy atom. The second-order valence-electron chi connectivity index (χ2n) is 5.48. The summed E-state index contributed by atoms with van der Waals surface area (Å²) >= 11 is 5.79. The molecule has 2 heterocycles. The van der Waals surface area contributed by atoms with Gasteiger partial charge in [0.05, 0.1) is 28.6 Å². The fourth-order valence-electron chi connectivity index (χ4n) is 2.63. The van der Waals surface area contributed by atoms with Crippen LogP contribution in [0.5, 0.6) is 5.88 Å². The topological polar surface area (TPSA) is 65.3 Å². The lowest BCUT2D eigenvalue weighted by atomic mass is 10.1. The van der Waals surface area contributed by atoms with Crippen molar-refractivity contribution in [2.75, 3.05) is 6.61 Å². The zero-order valence-electron chi connectivity index (χ0n) is 12.6. The maximum atomic E-state index is 12.9. The Balaban J connectivity index is 1.74. The summed E-state index contributed by atoms with van der Waals surface area (Å²) in [6.45, 7) is 0.0731. The number of hydrogen-bond donors (Lipinski definition) is 1. The summed E-state index contributed by atoms with van der Waals surface area (Å²) in [7, 11) is 0. The quantitative estimate of drug-likeness (QED) is 0.665. The summed E-state index contributed by atoms with van der Waals surface area (Å²) in [6, 6.07) is 6.03. The number of alkyl halides is 3. The van der Waals surface area contributed by atoms with Gasteiger partial charge in [0, 0.05) is 6.07 Å². The van der Waals surface area contributed by atoms with Crippen molar-refractivity contribution < 1.29 is 27.4 Å². The number of carbonyl (C=O) groups is 1. The minimum absolute atomic E-state index is 0.0695. The third-order valence-corrected chi connectivity index (χ3v) is 4.22. The lowest BCUT2D eigenvalue weighted by Gasteiger charge is -2.14. The molecule has 1 unspecified atom stereocenters. The van der Waals surface area contributed by atoms with Gasteiger partial charge in [-0.15, -0.1) is 4.73 Å². The molecule has 0 saturated carbocycles. The zero-order valence-corrected chi connectivity index (χ0v) is 13.4. The fourth-order valence-corrected chi connectivity index (χ4v) is 2.93. The Hall–Kier alpha value is -2.48. The Labute approximate surface area is 145 Å². The van der Waals surface area contributed by atoms with Crippen LogP contribution in [0.1, 0.15) is 22.7 Å². The average Bonchev–Trinajstić information content (AvgIpc) is 2.93. The van der Waals surface area contributed by atoms with Gasteiger partial charge in [-0.1, -0.05) is 23.7 Å². The second kappa shape index (κ2) is 6.44. The zero-order chi connectivity index (χ0) is 18.2. The van der Waals surface area contributed by atoms with Crippen LogP contribution in [0, 0.1) is 5.21 Å². The van der Waals surface area contributed by atoms with Crippen LogP contribution in [-0.4, -0.2) is 12.5 Å². The number of hydrogen-bond acceptors (Lipinski definition) is 3. The van der Waals surface area contributed by atoms with Gasteiger partial charge in [-0.05, 0) is 17.7 Å². The fraction of sp³-hybridized carbons (Fsp3) is 0.250. The molecule has 9 heteroatoms. The van der Waals surface area contributed by atoms with Crippen LogP contribution in [0.2, 0.25) is 5.02 Å². The maximum Gasteiger partial charge on any atom is 0.417 e. The normalized spacial score (nSPS) is 16.2. The molecule has 25 heavy (non-hydrogen) atoms. The highest BCUT2D eigenvalue weighted by Crippen LogP contribution is 2.36. The van der Waals surface area contributed by atoms with Crippen molar-refractivity contribution in [2.45, 2.75) is 18.6 Å². The molecular formula is C16H12ClF3N2O3. The van der Waals surface area contributed by atoms with Gasteiger partial charge in [-0.3, -0.25) is 4.79 Å². The second-order valence-corrected chi connectivity index (χ2v) is 5.86. The first kappa shape index (κ1) is 17.3. The summed E-state index contributed by atoms with van der Waals surface area (Å²) in [5, 5.41) is 13.7. The van der Waals surface area contributed by atoms with E-state index in [2.05, 4.69) is 5.32 Å². The molecular weight excluding hydrogens is 361 g/mol. The van der Waals surface area contributed by atoms with Gasteiger partial charge < -0.3 is 15.3 Å². The molecule has 1 aromatic heterocycles. The standard InChI is InChI=1S/C16H12ClF3N2O3/c17-14-9(3-1-5-11(14)16(18,19)20)7-13(23)21-12-8-25-15-10(12)4-2-6-22(15)24/h1-6,12H,7-8H2,(H,21,23). The van der Waals surface area contributed by atoms with Crippen LogP contribution in [0.25, 0.3) is 0 Å². The Kier molecular flexibility index (Phi) is 4.47. The molecule has 1 N–H and O–H groups in total. The van der Waals surface area contributed by atoms with Gasteiger partial charge in [0.15, 0.2) is 6.20 Å². The van der Waals surface area contributed by atoms with E-state index in [0.717, 1.165) is 6.07 Å². The van der Waals surface area contributed by atoms with Crippen LogP contribution in [0.15, 0.2) is 36.5 Å². The molecule has 1 aliphatic heterocycles. The SMILES string of the molecule is O=C(Cc1cccc(C(F)(F)F)c1Cl)NC1COc2c1ccc[n+]2[O-]. The minimum Gasteiger partial charge on any atom is -0.616 e. The first-order chi connectivity index (χ1) is 11.8. The van der Waals surface area contributed by atoms with Crippen molar-refractivity contribution >= 4 is 17.5 Å². The largest absolute Gasteiger partial charge is 0.616 e.